The van der Waals surface area contributed by atoms with E-state index in [4.69, 9.17) is 5.84 Å². The third-order valence-corrected chi connectivity index (χ3v) is 3.54. The highest BCUT2D eigenvalue weighted by molar-refractivity contribution is 5.04. The Balaban J connectivity index is 1.95. The molecule has 1 aliphatic carbocycles. The normalized spacial score (nSPS) is 19.7. The van der Waals surface area contributed by atoms with Crippen molar-refractivity contribution in [2.75, 3.05) is 0 Å². The molecular formula is C12H22N4. The number of nitrogens with zero attached hydrogens (tertiary/aromatic N) is 2. The van der Waals surface area contributed by atoms with Crippen LogP contribution in [0.3, 0.4) is 0 Å². The van der Waals surface area contributed by atoms with Gasteiger partial charge in [0.1, 0.15) is 0 Å². The second-order valence-electron chi connectivity index (χ2n) is 4.86. The van der Waals surface area contributed by atoms with Crippen LogP contribution < -0.4 is 11.3 Å². The van der Waals surface area contributed by atoms with Crippen LogP contribution in [-0.4, -0.2) is 15.8 Å². The van der Waals surface area contributed by atoms with E-state index in [0.29, 0.717) is 12.1 Å². The van der Waals surface area contributed by atoms with Gasteiger partial charge in [-0.15, -0.1) is 0 Å². The van der Waals surface area contributed by atoms with Crippen molar-refractivity contribution in [1.82, 2.24) is 15.2 Å². The molecule has 1 heterocycles. The molecule has 0 radical (unpaired) electrons. The standard InChI is InChI=1S/C12H22N4/c1-3-9(2)16-7-6-11(15-16)8-12(14-13)10-4-5-10/h6-7,9-10,12,14H,3-5,8,13H2,1-2H3. The quantitative estimate of drug-likeness (QED) is 0.568. The average molecular weight is 222 g/mol. The molecule has 0 saturated heterocycles. The highest BCUT2D eigenvalue weighted by Crippen LogP contribution is 2.33. The first-order chi connectivity index (χ1) is 7.74. The Morgan fingerprint density at radius 3 is 2.94 bits per heavy atom. The minimum atomic E-state index is 0.403. The molecule has 1 fully saturated rings. The zero-order valence-corrected chi connectivity index (χ0v) is 10.2. The average Bonchev–Trinajstić information content (AvgIpc) is 3.04. The summed E-state index contributed by atoms with van der Waals surface area (Å²) in [6.07, 6.45) is 6.75. The maximum atomic E-state index is 5.57. The minimum absolute atomic E-state index is 0.403. The minimum Gasteiger partial charge on any atom is -0.271 e. The van der Waals surface area contributed by atoms with Crippen molar-refractivity contribution in [2.24, 2.45) is 11.8 Å². The van der Waals surface area contributed by atoms with Gasteiger partial charge in [-0.1, -0.05) is 6.92 Å². The molecule has 90 valence electrons. The number of hydrogen-bond acceptors (Lipinski definition) is 3. The summed E-state index contributed by atoms with van der Waals surface area (Å²) in [5.74, 6) is 6.33. The predicted octanol–water partition coefficient (Wildman–Crippen LogP) is 1.64. The summed E-state index contributed by atoms with van der Waals surface area (Å²) >= 11 is 0. The van der Waals surface area contributed by atoms with E-state index in [1.807, 2.05) is 0 Å². The number of hydrazine groups is 1. The number of nitrogens with two attached hydrogens (primary N) is 1. The number of nitrogens with one attached hydrogen (secondary N) is 1. The third kappa shape index (κ3) is 2.62. The molecule has 1 aliphatic rings. The van der Waals surface area contributed by atoms with E-state index >= 15 is 0 Å². The Labute approximate surface area is 97.2 Å². The molecule has 2 atom stereocenters. The Bertz CT molecular complexity index is 330. The predicted molar refractivity (Wildman–Crippen MR) is 64.8 cm³/mol. The molecule has 2 unspecified atom stereocenters. The molecule has 1 aromatic heterocycles. The molecule has 0 aromatic carbocycles. The van der Waals surface area contributed by atoms with Crippen molar-refractivity contribution in [3.8, 4) is 0 Å². The summed E-state index contributed by atoms with van der Waals surface area (Å²) in [5.41, 5.74) is 4.06. The molecule has 1 saturated carbocycles. The fourth-order valence-corrected chi connectivity index (χ4v) is 2.00. The summed E-state index contributed by atoms with van der Waals surface area (Å²) < 4.78 is 2.05. The molecule has 2 rings (SSSR count). The zero-order valence-electron chi connectivity index (χ0n) is 10.2. The van der Waals surface area contributed by atoms with Crippen molar-refractivity contribution >= 4 is 0 Å². The van der Waals surface area contributed by atoms with E-state index in [1.54, 1.807) is 0 Å². The fourth-order valence-electron chi connectivity index (χ4n) is 2.00. The van der Waals surface area contributed by atoms with Crippen molar-refractivity contribution < 1.29 is 0 Å². The molecule has 4 nitrogen and oxygen atoms in total. The van der Waals surface area contributed by atoms with Crippen LogP contribution in [0.2, 0.25) is 0 Å². The lowest BCUT2D eigenvalue weighted by Gasteiger charge is -2.13. The van der Waals surface area contributed by atoms with Crippen molar-refractivity contribution in [3.05, 3.63) is 18.0 Å². The van der Waals surface area contributed by atoms with Crippen molar-refractivity contribution in [2.45, 2.75) is 51.6 Å². The van der Waals surface area contributed by atoms with Gasteiger partial charge in [0.25, 0.3) is 0 Å². The van der Waals surface area contributed by atoms with Gasteiger partial charge in [0.2, 0.25) is 0 Å². The van der Waals surface area contributed by atoms with Gasteiger partial charge in [-0.2, -0.15) is 5.10 Å². The highest BCUT2D eigenvalue weighted by atomic mass is 15.3. The van der Waals surface area contributed by atoms with Crippen LogP contribution in [0, 0.1) is 5.92 Å². The van der Waals surface area contributed by atoms with Crippen molar-refractivity contribution in [1.29, 1.82) is 0 Å². The number of hydrogen-bond donors (Lipinski definition) is 2. The lowest BCUT2D eigenvalue weighted by Crippen LogP contribution is -2.38. The van der Waals surface area contributed by atoms with E-state index in [1.165, 1.54) is 12.8 Å². The van der Waals surface area contributed by atoms with Crippen LogP contribution in [0.5, 0.6) is 0 Å². The topological polar surface area (TPSA) is 55.9 Å². The SMILES string of the molecule is CCC(C)n1ccc(CC(NN)C2CC2)n1. The summed E-state index contributed by atoms with van der Waals surface area (Å²) in [4.78, 5) is 0. The molecule has 0 bridgehead atoms. The monoisotopic (exact) mass is 222 g/mol. The maximum absolute atomic E-state index is 5.57. The molecule has 16 heavy (non-hydrogen) atoms. The second kappa shape index (κ2) is 4.97. The summed E-state index contributed by atoms with van der Waals surface area (Å²) in [6.45, 7) is 4.37. The van der Waals surface area contributed by atoms with Gasteiger partial charge in [-0.3, -0.25) is 16.0 Å². The molecule has 3 N–H and O–H groups in total. The van der Waals surface area contributed by atoms with Gasteiger partial charge in [0, 0.05) is 24.7 Å². The summed E-state index contributed by atoms with van der Waals surface area (Å²) in [7, 11) is 0. The first-order valence-corrected chi connectivity index (χ1v) is 6.24. The molecule has 4 heteroatoms. The summed E-state index contributed by atoms with van der Waals surface area (Å²) in [6, 6.07) is 3.00. The number of aromatic nitrogens is 2. The first-order valence-electron chi connectivity index (χ1n) is 6.24. The molecule has 0 amide bonds. The van der Waals surface area contributed by atoms with Crippen LogP contribution in [0.15, 0.2) is 12.3 Å². The van der Waals surface area contributed by atoms with Crippen LogP contribution in [0.25, 0.3) is 0 Å². The van der Waals surface area contributed by atoms with E-state index in [2.05, 4.69) is 41.3 Å². The van der Waals surface area contributed by atoms with Crippen LogP contribution in [0.4, 0.5) is 0 Å². The summed E-state index contributed by atoms with van der Waals surface area (Å²) in [5, 5.41) is 4.60. The van der Waals surface area contributed by atoms with Crippen LogP contribution in [0.1, 0.15) is 44.8 Å². The van der Waals surface area contributed by atoms with Gasteiger partial charge in [-0.25, -0.2) is 0 Å². The molecule has 0 aliphatic heterocycles. The van der Waals surface area contributed by atoms with Gasteiger partial charge >= 0.3 is 0 Å². The Morgan fingerprint density at radius 1 is 1.62 bits per heavy atom. The van der Waals surface area contributed by atoms with Gasteiger partial charge in [0.05, 0.1) is 5.69 Å². The van der Waals surface area contributed by atoms with Gasteiger partial charge in [0.15, 0.2) is 0 Å². The molecule has 0 spiro atoms. The highest BCUT2D eigenvalue weighted by Gasteiger charge is 2.30. The number of rotatable bonds is 6. The van der Waals surface area contributed by atoms with E-state index < -0.39 is 0 Å². The van der Waals surface area contributed by atoms with Crippen molar-refractivity contribution in [3.63, 3.8) is 0 Å². The smallest absolute Gasteiger partial charge is 0.0640 e. The van der Waals surface area contributed by atoms with E-state index in [0.717, 1.165) is 24.5 Å². The third-order valence-electron chi connectivity index (χ3n) is 3.54. The maximum Gasteiger partial charge on any atom is 0.0640 e. The Morgan fingerprint density at radius 2 is 2.38 bits per heavy atom. The largest absolute Gasteiger partial charge is 0.271 e. The zero-order chi connectivity index (χ0) is 11.5. The lowest BCUT2D eigenvalue weighted by molar-refractivity contribution is 0.448. The van der Waals surface area contributed by atoms with E-state index in [-0.39, 0.29) is 0 Å². The Hall–Kier alpha value is -0.870. The lowest BCUT2D eigenvalue weighted by atomic mass is 10.1. The van der Waals surface area contributed by atoms with Gasteiger partial charge in [-0.05, 0) is 38.2 Å². The van der Waals surface area contributed by atoms with Crippen LogP contribution in [-0.2, 0) is 6.42 Å². The Kier molecular flexibility index (Phi) is 3.61. The van der Waals surface area contributed by atoms with E-state index in [9.17, 15) is 0 Å². The molecule has 1 aromatic rings. The first kappa shape index (κ1) is 11.6. The van der Waals surface area contributed by atoms with Crippen LogP contribution >= 0.6 is 0 Å². The fraction of sp³-hybridized carbons (Fsp3) is 0.750. The van der Waals surface area contributed by atoms with Gasteiger partial charge < -0.3 is 0 Å². The second-order valence-corrected chi connectivity index (χ2v) is 4.86. The molecular weight excluding hydrogens is 200 g/mol.